The third kappa shape index (κ3) is 6.21. The summed E-state index contributed by atoms with van der Waals surface area (Å²) in [6, 6.07) is 8.13. The van der Waals surface area contributed by atoms with Crippen molar-refractivity contribution < 1.29 is 9.53 Å². The highest BCUT2D eigenvalue weighted by atomic mass is 16.5. The molecule has 0 bridgehead atoms. The first kappa shape index (κ1) is 18.0. The number of hydrogen-bond acceptors (Lipinski definition) is 4. The van der Waals surface area contributed by atoms with Gasteiger partial charge in [-0.2, -0.15) is 0 Å². The molecule has 2 amide bonds. The van der Waals surface area contributed by atoms with E-state index in [4.69, 9.17) is 4.74 Å². The lowest BCUT2D eigenvalue weighted by Gasteiger charge is -2.26. The van der Waals surface area contributed by atoms with Crippen molar-refractivity contribution in [1.29, 1.82) is 0 Å². The summed E-state index contributed by atoms with van der Waals surface area (Å²) in [6.45, 7) is 5.63. The molecule has 0 aromatic heterocycles. The summed E-state index contributed by atoms with van der Waals surface area (Å²) in [5.41, 5.74) is 1.90. The molecule has 3 N–H and O–H groups in total. The average molecular weight is 346 g/mol. The molecule has 3 rings (SSSR count). The Labute approximate surface area is 150 Å². The van der Waals surface area contributed by atoms with Gasteiger partial charge >= 0.3 is 6.03 Å². The van der Waals surface area contributed by atoms with Gasteiger partial charge < -0.3 is 20.7 Å². The lowest BCUT2D eigenvalue weighted by atomic mass is 9.96. The number of ether oxygens (including phenoxy) is 1. The summed E-state index contributed by atoms with van der Waals surface area (Å²) < 4.78 is 5.36. The predicted molar refractivity (Wildman–Crippen MR) is 101 cm³/mol. The maximum absolute atomic E-state index is 12.1. The van der Waals surface area contributed by atoms with E-state index < -0.39 is 0 Å². The van der Waals surface area contributed by atoms with Crippen molar-refractivity contribution >= 4 is 17.4 Å². The van der Waals surface area contributed by atoms with Crippen LogP contribution in [-0.2, 0) is 4.74 Å². The largest absolute Gasteiger partial charge is 0.384 e. The Morgan fingerprint density at radius 1 is 1.04 bits per heavy atom. The summed E-state index contributed by atoms with van der Waals surface area (Å²) in [5, 5.41) is 9.42. The first-order valence-electron chi connectivity index (χ1n) is 9.51. The second-order valence-electron chi connectivity index (χ2n) is 6.89. The van der Waals surface area contributed by atoms with E-state index in [1.807, 2.05) is 24.3 Å². The van der Waals surface area contributed by atoms with Gasteiger partial charge in [-0.05, 0) is 37.1 Å². The lowest BCUT2D eigenvalue weighted by molar-refractivity contribution is 0.0398. The fraction of sp³-hybridized carbons (Fsp3) is 0.632. The second-order valence-corrected chi connectivity index (χ2v) is 6.89. The van der Waals surface area contributed by atoms with Crippen molar-refractivity contribution in [2.45, 2.75) is 38.1 Å². The molecule has 1 aliphatic heterocycles. The maximum Gasteiger partial charge on any atom is 0.319 e. The molecule has 1 heterocycles. The van der Waals surface area contributed by atoms with Gasteiger partial charge in [-0.3, -0.25) is 4.90 Å². The Balaban J connectivity index is 1.36. The molecule has 2 fully saturated rings. The van der Waals surface area contributed by atoms with E-state index in [2.05, 4.69) is 20.9 Å². The monoisotopic (exact) mass is 346 g/mol. The molecule has 0 atom stereocenters. The summed E-state index contributed by atoms with van der Waals surface area (Å²) in [7, 11) is 0. The molecule has 6 nitrogen and oxygen atoms in total. The number of rotatable bonds is 6. The Morgan fingerprint density at radius 3 is 2.44 bits per heavy atom. The molecule has 1 aromatic carbocycles. The van der Waals surface area contributed by atoms with Gasteiger partial charge in [0.25, 0.3) is 0 Å². The topological polar surface area (TPSA) is 65.6 Å². The average Bonchev–Trinajstić information content (AvgIpc) is 2.65. The Bertz CT molecular complexity index is 523. The standard InChI is InChI=1S/C19H30N4O2/c24-19(21-17-4-2-1-3-5-17)22-18-8-6-16(7-9-18)20-10-11-23-12-14-25-15-13-23/h6-9,17,20H,1-5,10-15H2,(H2,21,22,24). The van der Waals surface area contributed by atoms with Crippen LogP contribution in [0.1, 0.15) is 32.1 Å². The minimum Gasteiger partial charge on any atom is -0.384 e. The van der Waals surface area contributed by atoms with Gasteiger partial charge in [0.1, 0.15) is 0 Å². The van der Waals surface area contributed by atoms with Crippen LogP contribution in [-0.4, -0.2) is 56.4 Å². The van der Waals surface area contributed by atoms with Gasteiger partial charge in [-0.1, -0.05) is 19.3 Å². The molecule has 6 heteroatoms. The minimum atomic E-state index is -0.0973. The fourth-order valence-electron chi connectivity index (χ4n) is 3.45. The number of morpholine rings is 1. The number of hydrogen-bond donors (Lipinski definition) is 3. The predicted octanol–water partition coefficient (Wildman–Crippen LogP) is 2.88. The zero-order valence-electron chi connectivity index (χ0n) is 14.9. The SMILES string of the molecule is O=C(Nc1ccc(NCCN2CCOCC2)cc1)NC1CCCCC1. The summed E-state index contributed by atoms with van der Waals surface area (Å²) in [6.07, 6.45) is 5.92. The smallest absolute Gasteiger partial charge is 0.319 e. The molecule has 1 saturated carbocycles. The minimum absolute atomic E-state index is 0.0973. The van der Waals surface area contributed by atoms with Gasteiger partial charge in [0.05, 0.1) is 13.2 Å². The third-order valence-electron chi connectivity index (χ3n) is 4.94. The van der Waals surface area contributed by atoms with Gasteiger partial charge in [0.15, 0.2) is 0 Å². The number of benzene rings is 1. The maximum atomic E-state index is 12.1. The summed E-state index contributed by atoms with van der Waals surface area (Å²) in [4.78, 5) is 14.5. The Morgan fingerprint density at radius 2 is 1.72 bits per heavy atom. The number of nitrogens with zero attached hydrogens (tertiary/aromatic N) is 1. The van der Waals surface area contributed by atoms with E-state index >= 15 is 0 Å². The first-order valence-corrected chi connectivity index (χ1v) is 9.51. The van der Waals surface area contributed by atoms with Crippen molar-refractivity contribution in [3.63, 3.8) is 0 Å². The molecule has 0 spiro atoms. The Hall–Kier alpha value is -1.79. The Kier molecular flexibility index (Phi) is 6.94. The van der Waals surface area contributed by atoms with Crippen molar-refractivity contribution in [1.82, 2.24) is 10.2 Å². The van der Waals surface area contributed by atoms with Gasteiger partial charge in [0.2, 0.25) is 0 Å². The fourth-order valence-corrected chi connectivity index (χ4v) is 3.45. The molecule has 25 heavy (non-hydrogen) atoms. The van der Waals surface area contributed by atoms with Crippen molar-refractivity contribution in [2.75, 3.05) is 50.0 Å². The van der Waals surface area contributed by atoms with E-state index in [1.165, 1.54) is 19.3 Å². The van der Waals surface area contributed by atoms with Crippen LogP contribution in [0, 0.1) is 0 Å². The van der Waals surface area contributed by atoms with Crippen molar-refractivity contribution in [3.05, 3.63) is 24.3 Å². The number of urea groups is 1. The molecule has 1 saturated heterocycles. The molecule has 138 valence electrons. The highest BCUT2D eigenvalue weighted by molar-refractivity contribution is 5.89. The molecule has 0 unspecified atom stereocenters. The number of nitrogens with one attached hydrogen (secondary N) is 3. The quantitative estimate of drug-likeness (QED) is 0.741. The lowest BCUT2D eigenvalue weighted by Crippen LogP contribution is -2.39. The van der Waals surface area contributed by atoms with E-state index in [0.29, 0.717) is 6.04 Å². The van der Waals surface area contributed by atoms with E-state index in [0.717, 1.165) is 63.6 Å². The summed E-state index contributed by atoms with van der Waals surface area (Å²) in [5.74, 6) is 0. The molecule has 0 radical (unpaired) electrons. The van der Waals surface area contributed by atoms with Crippen LogP contribution in [0.4, 0.5) is 16.2 Å². The molecular formula is C19H30N4O2. The highest BCUT2D eigenvalue weighted by Crippen LogP contribution is 2.18. The van der Waals surface area contributed by atoms with E-state index in [1.54, 1.807) is 0 Å². The second kappa shape index (κ2) is 9.63. The van der Waals surface area contributed by atoms with Crippen LogP contribution in [0.25, 0.3) is 0 Å². The molecule has 1 aromatic rings. The number of anilines is 2. The molecule has 1 aliphatic carbocycles. The van der Waals surface area contributed by atoms with Crippen LogP contribution in [0.2, 0.25) is 0 Å². The number of amides is 2. The van der Waals surface area contributed by atoms with Crippen LogP contribution < -0.4 is 16.0 Å². The molecular weight excluding hydrogens is 316 g/mol. The van der Waals surface area contributed by atoms with Crippen LogP contribution in [0.3, 0.4) is 0 Å². The van der Waals surface area contributed by atoms with E-state index in [9.17, 15) is 4.79 Å². The normalized spacial score (nSPS) is 19.4. The van der Waals surface area contributed by atoms with Crippen LogP contribution in [0.5, 0.6) is 0 Å². The van der Waals surface area contributed by atoms with Crippen LogP contribution in [0.15, 0.2) is 24.3 Å². The zero-order valence-corrected chi connectivity index (χ0v) is 14.9. The number of carbonyl (C=O) groups is 1. The van der Waals surface area contributed by atoms with E-state index in [-0.39, 0.29) is 6.03 Å². The summed E-state index contributed by atoms with van der Waals surface area (Å²) >= 11 is 0. The molecule has 2 aliphatic rings. The highest BCUT2D eigenvalue weighted by Gasteiger charge is 2.15. The third-order valence-corrected chi connectivity index (χ3v) is 4.94. The van der Waals surface area contributed by atoms with Crippen LogP contribution >= 0.6 is 0 Å². The van der Waals surface area contributed by atoms with Gasteiger partial charge in [-0.25, -0.2) is 4.79 Å². The van der Waals surface area contributed by atoms with Crippen molar-refractivity contribution in [2.24, 2.45) is 0 Å². The van der Waals surface area contributed by atoms with Gasteiger partial charge in [0, 0.05) is 43.6 Å². The number of carbonyl (C=O) groups excluding carboxylic acids is 1. The van der Waals surface area contributed by atoms with Gasteiger partial charge in [-0.15, -0.1) is 0 Å². The zero-order chi connectivity index (χ0) is 17.3. The first-order chi connectivity index (χ1) is 12.3. The van der Waals surface area contributed by atoms with Crippen molar-refractivity contribution in [3.8, 4) is 0 Å².